The average Bonchev–Trinajstić information content (AvgIpc) is 2.71. The Morgan fingerprint density at radius 2 is 1.79 bits per heavy atom. The fourth-order valence-corrected chi connectivity index (χ4v) is 3.35. The van der Waals surface area contributed by atoms with Gasteiger partial charge in [-0.3, -0.25) is 4.79 Å². The van der Waals surface area contributed by atoms with Crippen LogP contribution < -0.4 is 10.0 Å². The normalized spacial score (nSPS) is 12.2. The molecule has 2 aromatic carbocycles. The van der Waals surface area contributed by atoms with E-state index in [1.54, 1.807) is 0 Å². The van der Waals surface area contributed by atoms with Crippen molar-refractivity contribution in [3.05, 3.63) is 65.2 Å². The second kappa shape index (κ2) is 9.48. The van der Waals surface area contributed by atoms with Gasteiger partial charge in [0.25, 0.3) is 5.91 Å². The zero-order valence-electron chi connectivity index (χ0n) is 16.1. The van der Waals surface area contributed by atoms with Crippen molar-refractivity contribution >= 4 is 21.9 Å². The Hall–Kier alpha value is -2.71. The highest BCUT2D eigenvalue weighted by Gasteiger charge is 2.17. The first kappa shape index (κ1) is 21.6. The van der Waals surface area contributed by atoms with E-state index in [1.165, 1.54) is 31.3 Å². The smallest absolute Gasteiger partial charge is 0.338 e. The van der Waals surface area contributed by atoms with Gasteiger partial charge in [0.2, 0.25) is 10.0 Å². The van der Waals surface area contributed by atoms with Crippen LogP contribution in [0, 0.1) is 6.92 Å². The molecule has 2 N–H and O–H groups in total. The maximum Gasteiger partial charge on any atom is 0.338 e. The van der Waals surface area contributed by atoms with Gasteiger partial charge in [0.05, 0.1) is 16.5 Å². The number of hydrogen-bond donors (Lipinski definition) is 2. The summed E-state index contributed by atoms with van der Waals surface area (Å²) in [5.74, 6) is -1.20. The van der Waals surface area contributed by atoms with Crippen LogP contribution in [-0.4, -0.2) is 33.9 Å². The number of sulfonamides is 1. The van der Waals surface area contributed by atoms with E-state index in [0.717, 1.165) is 11.1 Å². The number of aryl methyl sites for hydroxylation is 1. The van der Waals surface area contributed by atoms with Crippen LogP contribution >= 0.6 is 0 Å². The number of nitrogens with one attached hydrogen (secondary N) is 2. The fraction of sp³-hybridized carbons (Fsp3) is 0.300. The monoisotopic (exact) mass is 404 g/mol. The molecule has 0 spiro atoms. The predicted molar refractivity (Wildman–Crippen MR) is 105 cm³/mol. The summed E-state index contributed by atoms with van der Waals surface area (Å²) in [6.07, 6.45) is 0.687. The Labute approximate surface area is 165 Å². The quantitative estimate of drug-likeness (QED) is 0.658. The summed E-state index contributed by atoms with van der Waals surface area (Å²) in [5, 5.41) is 2.83. The molecule has 0 aliphatic rings. The highest BCUT2D eigenvalue weighted by Crippen LogP contribution is 2.17. The molecule has 1 amide bonds. The number of ether oxygens (including phenoxy) is 1. The Bertz CT molecular complexity index is 939. The first-order valence-corrected chi connectivity index (χ1v) is 10.3. The zero-order valence-corrected chi connectivity index (χ0v) is 16.9. The molecule has 0 saturated heterocycles. The second-order valence-electron chi connectivity index (χ2n) is 6.25. The third-order valence-corrected chi connectivity index (χ3v) is 5.62. The number of esters is 1. The second-order valence-corrected chi connectivity index (χ2v) is 8.14. The van der Waals surface area contributed by atoms with E-state index in [4.69, 9.17) is 4.74 Å². The van der Waals surface area contributed by atoms with Crippen molar-refractivity contribution in [2.45, 2.75) is 31.2 Å². The van der Waals surface area contributed by atoms with Gasteiger partial charge in [-0.15, -0.1) is 0 Å². The first-order chi connectivity index (χ1) is 13.3. The summed E-state index contributed by atoms with van der Waals surface area (Å²) in [7, 11) is -2.39. The number of carbonyl (C=O) groups is 2. The highest BCUT2D eigenvalue weighted by atomic mass is 32.2. The molecule has 150 valence electrons. The van der Waals surface area contributed by atoms with E-state index in [-0.39, 0.29) is 16.5 Å². The van der Waals surface area contributed by atoms with Crippen molar-refractivity contribution in [1.29, 1.82) is 0 Å². The van der Waals surface area contributed by atoms with Crippen LogP contribution in [0.1, 0.15) is 40.9 Å². The molecule has 0 aliphatic heterocycles. The molecule has 0 unspecified atom stereocenters. The molecule has 0 aromatic heterocycles. The van der Waals surface area contributed by atoms with Crippen LogP contribution in [0.4, 0.5) is 0 Å². The van der Waals surface area contributed by atoms with Gasteiger partial charge in [0.15, 0.2) is 6.61 Å². The van der Waals surface area contributed by atoms with Crippen LogP contribution in [0.5, 0.6) is 0 Å². The summed E-state index contributed by atoms with van der Waals surface area (Å²) in [5.41, 5.74) is 2.15. The standard InChI is InChI=1S/C20H24N2O5S/c1-4-18(15-10-8-14(2)9-11-15)22-19(23)13-27-20(24)16-6-5-7-17(12-16)28(25,26)21-3/h5-12,18,21H,4,13H2,1-3H3,(H,22,23)/t18-/m0/s1. The van der Waals surface area contributed by atoms with E-state index >= 15 is 0 Å². The Balaban J connectivity index is 1.97. The summed E-state index contributed by atoms with van der Waals surface area (Å²) >= 11 is 0. The average molecular weight is 404 g/mol. The highest BCUT2D eigenvalue weighted by molar-refractivity contribution is 7.89. The van der Waals surface area contributed by atoms with Crippen LogP contribution in [0.15, 0.2) is 53.4 Å². The van der Waals surface area contributed by atoms with Crippen molar-refractivity contribution in [2.75, 3.05) is 13.7 Å². The lowest BCUT2D eigenvalue weighted by Crippen LogP contribution is -2.32. The van der Waals surface area contributed by atoms with Gasteiger partial charge in [0.1, 0.15) is 0 Å². The van der Waals surface area contributed by atoms with Crippen LogP contribution in [-0.2, 0) is 19.6 Å². The van der Waals surface area contributed by atoms with E-state index in [2.05, 4.69) is 10.0 Å². The van der Waals surface area contributed by atoms with E-state index < -0.39 is 28.5 Å². The molecule has 1 atom stereocenters. The van der Waals surface area contributed by atoms with E-state index in [1.807, 2.05) is 38.1 Å². The summed E-state index contributed by atoms with van der Waals surface area (Å²) in [6, 6.07) is 13.1. The maximum absolute atomic E-state index is 12.2. The molecule has 28 heavy (non-hydrogen) atoms. The maximum atomic E-state index is 12.2. The van der Waals surface area contributed by atoms with E-state index in [0.29, 0.717) is 6.42 Å². The Morgan fingerprint density at radius 3 is 2.39 bits per heavy atom. The molecule has 7 nitrogen and oxygen atoms in total. The predicted octanol–water partition coefficient (Wildman–Crippen LogP) is 2.33. The Morgan fingerprint density at radius 1 is 1.11 bits per heavy atom. The van der Waals surface area contributed by atoms with E-state index in [9.17, 15) is 18.0 Å². The largest absolute Gasteiger partial charge is 0.452 e. The van der Waals surface area contributed by atoms with Crippen molar-refractivity contribution in [2.24, 2.45) is 0 Å². The minimum Gasteiger partial charge on any atom is -0.452 e. The van der Waals surface area contributed by atoms with Gasteiger partial charge in [-0.2, -0.15) is 0 Å². The number of rotatable bonds is 8. The number of benzene rings is 2. The first-order valence-electron chi connectivity index (χ1n) is 8.83. The number of hydrogen-bond acceptors (Lipinski definition) is 5. The van der Waals surface area contributed by atoms with Crippen LogP contribution in [0.2, 0.25) is 0 Å². The molecule has 0 bridgehead atoms. The molecule has 2 aromatic rings. The Kier molecular flexibility index (Phi) is 7.31. The van der Waals surface area contributed by atoms with Gasteiger partial charge < -0.3 is 10.1 Å². The molecule has 0 fully saturated rings. The minimum absolute atomic E-state index is 0.0506. The summed E-state index contributed by atoms with van der Waals surface area (Å²) < 4.78 is 30.9. The molecule has 0 aliphatic carbocycles. The van der Waals surface area contributed by atoms with Gasteiger partial charge >= 0.3 is 5.97 Å². The lowest BCUT2D eigenvalue weighted by molar-refractivity contribution is -0.125. The number of amides is 1. The summed E-state index contributed by atoms with van der Waals surface area (Å²) in [4.78, 5) is 24.3. The molecular weight excluding hydrogens is 380 g/mol. The molecular formula is C20H24N2O5S. The SMILES string of the molecule is CC[C@H](NC(=O)COC(=O)c1cccc(S(=O)(=O)NC)c1)c1ccc(C)cc1. The van der Waals surface area contributed by atoms with Gasteiger partial charge in [-0.05, 0) is 44.2 Å². The lowest BCUT2D eigenvalue weighted by atomic mass is 10.0. The molecule has 8 heteroatoms. The van der Waals surface area contributed by atoms with Gasteiger partial charge in [0, 0.05) is 0 Å². The topological polar surface area (TPSA) is 102 Å². The third kappa shape index (κ3) is 5.64. The third-order valence-electron chi connectivity index (χ3n) is 4.21. The fourth-order valence-electron chi connectivity index (χ4n) is 2.58. The van der Waals surface area contributed by atoms with Gasteiger partial charge in [-0.1, -0.05) is 42.8 Å². The molecule has 0 heterocycles. The minimum atomic E-state index is -3.68. The van der Waals surface area contributed by atoms with Crippen molar-refractivity contribution in [3.8, 4) is 0 Å². The lowest BCUT2D eigenvalue weighted by Gasteiger charge is -2.17. The zero-order chi connectivity index (χ0) is 20.7. The van der Waals surface area contributed by atoms with Crippen molar-refractivity contribution in [3.63, 3.8) is 0 Å². The molecule has 2 rings (SSSR count). The van der Waals surface area contributed by atoms with Crippen molar-refractivity contribution in [1.82, 2.24) is 10.0 Å². The summed E-state index contributed by atoms with van der Waals surface area (Å²) in [6.45, 7) is 3.48. The van der Waals surface area contributed by atoms with Gasteiger partial charge in [-0.25, -0.2) is 17.9 Å². The van der Waals surface area contributed by atoms with Crippen molar-refractivity contribution < 1.29 is 22.7 Å². The molecule has 0 radical (unpaired) electrons. The van der Waals surface area contributed by atoms with Crippen LogP contribution in [0.25, 0.3) is 0 Å². The number of carbonyl (C=O) groups excluding carboxylic acids is 2. The van der Waals surface area contributed by atoms with Crippen LogP contribution in [0.3, 0.4) is 0 Å². The molecule has 0 saturated carbocycles.